The molecule has 172 valence electrons. The summed E-state index contributed by atoms with van der Waals surface area (Å²) in [5.74, 6) is 0.782. The number of hydrogen-bond acceptors (Lipinski definition) is 8. The first-order valence-corrected chi connectivity index (χ1v) is 11.9. The van der Waals surface area contributed by atoms with E-state index in [-0.39, 0.29) is 11.4 Å². The number of oxazole rings is 1. The predicted molar refractivity (Wildman–Crippen MR) is 128 cm³/mol. The van der Waals surface area contributed by atoms with Gasteiger partial charge in [-0.25, -0.2) is 23.1 Å². The van der Waals surface area contributed by atoms with Gasteiger partial charge in [-0.15, -0.1) is 0 Å². The molecule has 4 N–H and O–H groups in total. The first-order valence-electron chi connectivity index (χ1n) is 10.4. The summed E-state index contributed by atoms with van der Waals surface area (Å²) in [6.07, 6.45) is 4.94. The molecule has 10 nitrogen and oxygen atoms in total. The normalized spacial score (nSPS) is 11.6. The monoisotopic (exact) mass is 475 g/mol. The molecule has 3 aromatic heterocycles. The molecule has 0 amide bonds. The van der Waals surface area contributed by atoms with Crippen LogP contribution in [0, 0.1) is 0 Å². The zero-order chi connectivity index (χ0) is 23.5. The minimum atomic E-state index is -3.58. The fourth-order valence-electron chi connectivity index (χ4n) is 3.54. The van der Waals surface area contributed by atoms with Crippen molar-refractivity contribution in [3.63, 3.8) is 0 Å². The molecule has 0 aliphatic heterocycles. The summed E-state index contributed by atoms with van der Waals surface area (Å²) in [6.45, 7) is 0.461. The van der Waals surface area contributed by atoms with Crippen molar-refractivity contribution < 1.29 is 12.8 Å². The van der Waals surface area contributed by atoms with Crippen LogP contribution in [0.3, 0.4) is 0 Å². The molecule has 2 aromatic carbocycles. The third kappa shape index (κ3) is 4.34. The molecule has 0 radical (unpaired) electrons. The first-order chi connectivity index (χ1) is 16.5. The maximum atomic E-state index is 12.4. The Labute approximate surface area is 195 Å². The molecule has 0 fully saturated rings. The average molecular weight is 476 g/mol. The number of aromatic nitrogens is 4. The zero-order valence-corrected chi connectivity index (χ0v) is 18.7. The van der Waals surface area contributed by atoms with Gasteiger partial charge in [0.2, 0.25) is 16.0 Å². The Morgan fingerprint density at radius 3 is 2.68 bits per heavy atom. The van der Waals surface area contributed by atoms with E-state index in [1.807, 2.05) is 24.3 Å². The fourth-order valence-corrected chi connectivity index (χ4v) is 4.59. The maximum Gasteiger partial charge on any atom is 0.306 e. The van der Waals surface area contributed by atoms with Crippen LogP contribution in [0.5, 0.6) is 0 Å². The van der Waals surface area contributed by atoms with Gasteiger partial charge in [0.15, 0.2) is 0 Å². The largest absolute Gasteiger partial charge is 0.432 e. The molecule has 0 bridgehead atoms. The van der Waals surface area contributed by atoms with E-state index in [9.17, 15) is 8.42 Å². The van der Waals surface area contributed by atoms with Crippen molar-refractivity contribution in [2.45, 2.75) is 4.90 Å². The number of rotatable bonds is 8. The van der Waals surface area contributed by atoms with Gasteiger partial charge in [-0.3, -0.25) is 4.40 Å². The molecule has 0 aliphatic rings. The lowest BCUT2D eigenvalue weighted by Gasteiger charge is -2.09. The third-order valence-electron chi connectivity index (χ3n) is 5.07. The quantitative estimate of drug-likeness (QED) is 0.230. The van der Waals surface area contributed by atoms with Gasteiger partial charge < -0.3 is 15.5 Å². The Balaban J connectivity index is 1.36. The van der Waals surface area contributed by atoms with Crippen molar-refractivity contribution >= 4 is 27.5 Å². The highest BCUT2D eigenvalue weighted by Gasteiger charge is 2.19. The summed E-state index contributed by atoms with van der Waals surface area (Å²) in [7, 11) is -3.58. The molecule has 0 saturated heterocycles. The zero-order valence-electron chi connectivity index (χ0n) is 17.9. The van der Waals surface area contributed by atoms with Crippen molar-refractivity contribution in [3.05, 3.63) is 79.3 Å². The maximum absolute atomic E-state index is 12.4. The van der Waals surface area contributed by atoms with E-state index in [4.69, 9.17) is 10.2 Å². The van der Waals surface area contributed by atoms with E-state index in [1.165, 1.54) is 0 Å². The van der Waals surface area contributed by atoms with E-state index in [0.717, 1.165) is 11.3 Å². The van der Waals surface area contributed by atoms with Gasteiger partial charge >= 0.3 is 5.84 Å². The van der Waals surface area contributed by atoms with Gasteiger partial charge in [-0.05, 0) is 30.3 Å². The van der Waals surface area contributed by atoms with Crippen molar-refractivity contribution in [1.29, 1.82) is 0 Å². The minimum absolute atomic E-state index is 0.165. The number of benzene rings is 2. The van der Waals surface area contributed by atoms with Gasteiger partial charge in [0, 0.05) is 36.7 Å². The van der Waals surface area contributed by atoms with Crippen molar-refractivity contribution in [3.8, 4) is 22.6 Å². The number of hydrogen-bond donors (Lipinski definition) is 3. The summed E-state index contributed by atoms with van der Waals surface area (Å²) in [6, 6.07) is 17.4. The lowest BCUT2D eigenvalue weighted by atomic mass is 10.1. The molecule has 0 saturated carbocycles. The molecule has 0 unspecified atom stereocenters. The second-order valence-corrected chi connectivity index (χ2v) is 9.16. The Morgan fingerprint density at radius 2 is 1.85 bits per heavy atom. The van der Waals surface area contributed by atoms with E-state index < -0.39 is 10.0 Å². The highest BCUT2D eigenvalue weighted by molar-refractivity contribution is 7.89. The number of imidazole rings is 1. The second-order valence-electron chi connectivity index (χ2n) is 7.39. The van der Waals surface area contributed by atoms with Crippen LogP contribution in [0.4, 0.5) is 11.6 Å². The first kappa shape index (κ1) is 21.6. The highest BCUT2D eigenvalue weighted by atomic mass is 32.2. The summed E-state index contributed by atoms with van der Waals surface area (Å²) in [5, 5.41) is 3.06. The molecule has 0 aliphatic carbocycles. The van der Waals surface area contributed by atoms with E-state index in [2.05, 4.69) is 25.0 Å². The molecule has 11 heteroatoms. The van der Waals surface area contributed by atoms with Crippen LogP contribution in [0.15, 0.2) is 88.6 Å². The molecule has 0 atom stereocenters. The Kier molecular flexibility index (Phi) is 5.70. The van der Waals surface area contributed by atoms with Gasteiger partial charge in [0.05, 0.1) is 10.6 Å². The second kappa shape index (κ2) is 8.96. The number of anilines is 2. The SMILES string of the molecule is Nc1cccc(-c2nc3occn3c2-c2ccnc(NCCNS(=O)(=O)c3ccccc3)n2)c1. The molecular formula is C23H21N7O3S. The number of nitrogens with two attached hydrogens (primary N) is 1. The summed E-state index contributed by atoms with van der Waals surface area (Å²) < 4.78 is 34.6. The molecule has 34 heavy (non-hydrogen) atoms. The average Bonchev–Trinajstić information content (AvgIpc) is 3.44. The lowest BCUT2D eigenvalue weighted by Crippen LogP contribution is -2.29. The van der Waals surface area contributed by atoms with Gasteiger partial charge in [-0.1, -0.05) is 30.3 Å². The Morgan fingerprint density at radius 1 is 1.00 bits per heavy atom. The summed E-state index contributed by atoms with van der Waals surface area (Å²) in [5.41, 5.74) is 9.44. The van der Waals surface area contributed by atoms with Gasteiger partial charge in [0.1, 0.15) is 17.7 Å². The van der Waals surface area contributed by atoms with Crippen molar-refractivity contribution in [2.75, 3.05) is 24.1 Å². The van der Waals surface area contributed by atoms with Crippen LogP contribution < -0.4 is 15.8 Å². The molecule has 5 aromatic rings. The molecule has 3 heterocycles. The predicted octanol–water partition coefficient (Wildman–Crippen LogP) is 3.02. The smallest absolute Gasteiger partial charge is 0.306 e. The fraction of sp³-hybridized carbons (Fsp3) is 0.0870. The van der Waals surface area contributed by atoms with Crippen molar-refractivity contribution in [1.82, 2.24) is 24.1 Å². The topological polar surface area (TPSA) is 140 Å². The number of nitrogen functional groups attached to an aromatic ring is 1. The number of nitrogens with zero attached hydrogens (tertiary/aromatic N) is 4. The van der Waals surface area contributed by atoms with Crippen LogP contribution in [0.1, 0.15) is 0 Å². The molecular weight excluding hydrogens is 454 g/mol. The Bertz CT molecular complexity index is 1550. The van der Waals surface area contributed by atoms with E-state index >= 15 is 0 Å². The highest BCUT2D eigenvalue weighted by Crippen LogP contribution is 2.33. The van der Waals surface area contributed by atoms with Crippen LogP contribution >= 0.6 is 0 Å². The van der Waals surface area contributed by atoms with Gasteiger partial charge in [0.25, 0.3) is 0 Å². The minimum Gasteiger partial charge on any atom is -0.432 e. The lowest BCUT2D eigenvalue weighted by molar-refractivity contribution is 0.583. The van der Waals surface area contributed by atoms with E-state index in [0.29, 0.717) is 35.4 Å². The third-order valence-corrected chi connectivity index (χ3v) is 6.55. The van der Waals surface area contributed by atoms with Crippen LogP contribution in [-0.2, 0) is 10.0 Å². The number of nitrogens with one attached hydrogen (secondary N) is 2. The van der Waals surface area contributed by atoms with E-state index in [1.54, 1.807) is 59.5 Å². The van der Waals surface area contributed by atoms with Crippen LogP contribution in [0.2, 0.25) is 0 Å². The van der Waals surface area contributed by atoms with Crippen LogP contribution in [-0.4, -0.2) is 40.9 Å². The molecule has 0 spiro atoms. The molecule has 5 rings (SSSR count). The summed E-state index contributed by atoms with van der Waals surface area (Å²) in [4.78, 5) is 13.7. The summed E-state index contributed by atoms with van der Waals surface area (Å²) >= 11 is 0. The van der Waals surface area contributed by atoms with Gasteiger partial charge in [-0.2, -0.15) is 4.98 Å². The number of sulfonamides is 1. The standard InChI is InChI=1S/C23H21N7O3S/c24-17-6-4-5-16(15-17)20-21(30-13-14-33-23(30)29-20)19-9-10-25-22(28-19)26-11-12-27-34(31,32)18-7-2-1-3-8-18/h1-10,13-15,27H,11-12,24H2,(H,25,26,28). The number of fused-ring (bicyclic) bond motifs is 1. The van der Waals surface area contributed by atoms with Crippen LogP contribution in [0.25, 0.3) is 28.5 Å². The Hall–Kier alpha value is -4.22. The van der Waals surface area contributed by atoms with Crippen molar-refractivity contribution in [2.24, 2.45) is 0 Å².